The fourth-order valence-electron chi connectivity index (χ4n) is 0.886. The van der Waals surface area contributed by atoms with Gasteiger partial charge in [0.2, 0.25) is 0 Å². The Kier molecular flexibility index (Phi) is 3.05. The first-order valence-electron chi connectivity index (χ1n) is 3.27. The molecule has 1 rings (SSSR count). The number of hydrogen-bond acceptors (Lipinski definition) is 2. The Hall–Kier alpha value is -0.620. The number of carboxylic acid groups (broad SMARTS) is 1. The SMILES string of the molecule is O=C(O)c1cc(I)ccc1CO. The van der Waals surface area contributed by atoms with Crippen LogP contribution in [0.15, 0.2) is 18.2 Å². The first kappa shape index (κ1) is 9.47. The molecule has 0 bridgehead atoms. The Balaban J connectivity index is 3.21. The van der Waals surface area contributed by atoms with Crippen molar-refractivity contribution in [2.24, 2.45) is 0 Å². The summed E-state index contributed by atoms with van der Waals surface area (Å²) in [6.07, 6.45) is 0. The molecule has 4 heteroatoms. The van der Waals surface area contributed by atoms with Crippen molar-refractivity contribution in [3.8, 4) is 0 Å². The third-order valence-electron chi connectivity index (χ3n) is 1.47. The van der Waals surface area contributed by atoms with E-state index in [1.54, 1.807) is 12.1 Å². The minimum atomic E-state index is -1.00. The molecule has 0 aromatic heterocycles. The van der Waals surface area contributed by atoms with E-state index in [0.717, 1.165) is 3.57 Å². The van der Waals surface area contributed by atoms with Crippen LogP contribution in [-0.2, 0) is 6.61 Å². The zero-order valence-electron chi connectivity index (χ0n) is 6.12. The average molecular weight is 278 g/mol. The predicted octanol–water partition coefficient (Wildman–Crippen LogP) is 1.48. The number of rotatable bonds is 2. The summed E-state index contributed by atoms with van der Waals surface area (Å²) in [7, 11) is 0. The molecule has 3 nitrogen and oxygen atoms in total. The second kappa shape index (κ2) is 3.86. The molecular weight excluding hydrogens is 271 g/mol. The Morgan fingerprint density at radius 2 is 2.17 bits per heavy atom. The maximum absolute atomic E-state index is 10.6. The quantitative estimate of drug-likeness (QED) is 0.806. The van der Waals surface area contributed by atoms with Crippen molar-refractivity contribution >= 4 is 28.6 Å². The number of carbonyl (C=O) groups is 1. The lowest BCUT2D eigenvalue weighted by Gasteiger charge is -2.02. The summed E-state index contributed by atoms with van der Waals surface area (Å²) < 4.78 is 0.849. The highest BCUT2D eigenvalue weighted by Crippen LogP contribution is 2.13. The first-order chi connectivity index (χ1) is 5.65. The van der Waals surface area contributed by atoms with Gasteiger partial charge in [-0.05, 0) is 40.3 Å². The molecule has 0 unspecified atom stereocenters. The van der Waals surface area contributed by atoms with Crippen molar-refractivity contribution in [1.29, 1.82) is 0 Å². The summed E-state index contributed by atoms with van der Waals surface area (Å²) in [6.45, 7) is -0.238. The number of benzene rings is 1. The standard InChI is InChI=1S/C8H7IO3/c9-6-2-1-5(4-10)7(3-6)8(11)12/h1-3,10H,4H2,(H,11,12). The molecule has 0 saturated carbocycles. The normalized spacial score (nSPS) is 9.83. The van der Waals surface area contributed by atoms with Gasteiger partial charge in [0, 0.05) is 3.57 Å². The molecule has 0 fully saturated rings. The fourth-order valence-corrected chi connectivity index (χ4v) is 1.38. The van der Waals surface area contributed by atoms with Gasteiger partial charge in [0.25, 0.3) is 0 Å². The number of aliphatic hydroxyl groups is 1. The van der Waals surface area contributed by atoms with Crippen LogP contribution in [0, 0.1) is 3.57 Å². The summed E-state index contributed by atoms with van der Waals surface area (Å²) in [5.41, 5.74) is 0.618. The van der Waals surface area contributed by atoms with Gasteiger partial charge in [-0.3, -0.25) is 0 Å². The smallest absolute Gasteiger partial charge is 0.336 e. The summed E-state index contributed by atoms with van der Waals surface area (Å²) in [6, 6.07) is 4.91. The van der Waals surface area contributed by atoms with Crippen molar-refractivity contribution in [2.75, 3.05) is 0 Å². The van der Waals surface area contributed by atoms with Gasteiger partial charge in [-0.1, -0.05) is 6.07 Å². The topological polar surface area (TPSA) is 57.5 Å². The largest absolute Gasteiger partial charge is 0.478 e. The number of aromatic carboxylic acids is 1. The summed E-state index contributed by atoms with van der Waals surface area (Å²) in [5, 5.41) is 17.5. The third kappa shape index (κ3) is 1.95. The van der Waals surface area contributed by atoms with E-state index >= 15 is 0 Å². The molecule has 1 aromatic rings. The second-order valence-corrected chi connectivity index (χ2v) is 3.51. The van der Waals surface area contributed by atoms with E-state index in [1.807, 2.05) is 22.6 Å². The van der Waals surface area contributed by atoms with Gasteiger partial charge in [-0.25, -0.2) is 4.79 Å². The average Bonchev–Trinajstić information content (AvgIpc) is 2.04. The Labute approximate surface area is 83.2 Å². The Morgan fingerprint density at radius 3 is 2.67 bits per heavy atom. The summed E-state index contributed by atoms with van der Waals surface area (Å²) in [5.74, 6) is -1.00. The van der Waals surface area contributed by atoms with Crippen molar-refractivity contribution < 1.29 is 15.0 Å². The lowest BCUT2D eigenvalue weighted by atomic mass is 10.1. The van der Waals surface area contributed by atoms with E-state index in [4.69, 9.17) is 10.2 Å². The van der Waals surface area contributed by atoms with Crippen LogP contribution in [0.4, 0.5) is 0 Å². The number of hydrogen-bond donors (Lipinski definition) is 2. The third-order valence-corrected chi connectivity index (χ3v) is 2.14. The van der Waals surface area contributed by atoms with Crippen LogP contribution in [0.25, 0.3) is 0 Å². The summed E-state index contributed by atoms with van der Waals surface area (Å²) >= 11 is 2.03. The lowest BCUT2D eigenvalue weighted by Crippen LogP contribution is -2.02. The van der Waals surface area contributed by atoms with Crippen molar-refractivity contribution in [2.45, 2.75) is 6.61 Å². The van der Waals surface area contributed by atoms with Crippen LogP contribution >= 0.6 is 22.6 Å². The zero-order chi connectivity index (χ0) is 9.14. The molecule has 0 amide bonds. The van der Waals surface area contributed by atoms with E-state index in [2.05, 4.69) is 0 Å². The van der Waals surface area contributed by atoms with Gasteiger partial charge in [0.15, 0.2) is 0 Å². The highest BCUT2D eigenvalue weighted by molar-refractivity contribution is 14.1. The van der Waals surface area contributed by atoms with Crippen LogP contribution in [0.3, 0.4) is 0 Å². The van der Waals surface area contributed by atoms with Crippen molar-refractivity contribution in [3.05, 3.63) is 32.9 Å². The first-order valence-corrected chi connectivity index (χ1v) is 4.35. The highest BCUT2D eigenvalue weighted by atomic mass is 127. The molecule has 1 aromatic carbocycles. The molecule has 2 N–H and O–H groups in total. The van der Waals surface area contributed by atoms with Crippen LogP contribution < -0.4 is 0 Å². The van der Waals surface area contributed by atoms with E-state index in [9.17, 15) is 4.79 Å². The van der Waals surface area contributed by atoms with Gasteiger partial charge in [-0.15, -0.1) is 0 Å². The van der Waals surface area contributed by atoms with E-state index in [-0.39, 0.29) is 12.2 Å². The molecule has 0 saturated heterocycles. The molecule has 64 valence electrons. The maximum Gasteiger partial charge on any atom is 0.336 e. The fraction of sp³-hybridized carbons (Fsp3) is 0.125. The van der Waals surface area contributed by atoms with Gasteiger partial charge >= 0.3 is 5.97 Å². The van der Waals surface area contributed by atoms with Crippen LogP contribution in [0.2, 0.25) is 0 Å². The minimum absolute atomic E-state index is 0.171. The maximum atomic E-state index is 10.6. The number of halogens is 1. The Bertz CT molecular complexity index is 309. The molecule has 0 aliphatic rings. The van der Waals surface area contributed by atoms with E-state index in [0.29, 0.717) is 5.56 Å². The van der Waals surface area contributed by atoms with Crippen LogP contribution in [0.1, 0.15) is 15.9 Å². The zero-order valence-corrected chi connectivity index (χ0v) is 8.28. The molecule has 0 spiro atoms. The van der Waals surface area contributed by atoms with Crippen LogP contribution in [0.5, 0.6) is 0 Å². The van der Waals surface area contributed by atoms with Crippen molar-refractivity contribution in [1.82, 2.24) is 0 Å². The van der Waals surface area contributed by atoms with E-state index in [1.165, 1.54) is 6.07 Å². The monoisotopic (exact) mass is 278 g/mol. The molecule has 0 aliphatic carbocycles. The molecule has 0 heterocycles. The van der Waals surface area contributed by atoms with E-state index < -0.39 is 5.97 Å². The van der Waals surface area contributed by atoms with Crippen LogP contribution in [-0.4, -0.2) is 16.2 Å². The highest BCUT2D eigenvalue weighted by Gasteiger charge is 2.08. The number of carboxylic acids is 1. The van der Waals surface area contributed by atoms with Gasteiger partial charge in [-0.2, -0.15) is 0 Å². The Morgan fingerprint density at radius 1 is 1.50 bits per heavy atom. The minimum Gasteiger partial charge on any atom is -0.478 e. The number of aliphatic hydroxyl groups excluding tert-OH is 1. The van der Waals surface area contributed by atoms with Gasteiger partial charge in [0.05, 0.1) is 12.2 Å². The summed E-state index contributed by atoms with van der Waals surface area (Å²) in [4.78, 5) is 10.6. The molecule has 0 radical (unpaired) electrons. The van der Waals surface area contributed by atoms with Gasteiger partial charge < -0.3 is 10.2 Å². The molecule has 0 atom stereocenters. The van der Waals surface area contributed by atoms with Gasteiger partial charge in [0.1, 0.15) is 0 Å². The molecular formula is C8H7IO3. The lowest BCUT2D eigenvalue weighted by molar-refractivity contribution is 0.0693. The molecule has 12 heavy (non-hydrogen) atoms. The van der Waals surface area contributed by atoms with Crippen molar-refractivity contribution in [3.63, 3.8) is 0 Å². The molecule has 0 aliphatic heterocycles. The predicted molar refractivity (Wildman–Crippen MR) is 52.0 cm³/mol. The second-order valence-electron chi connectivity index (χ2n) is 2.26.